The summed E-state index contributed by atoms with van der Waals surface area (Å²) in [7, 11) is 0. The molecule has 1 aromatic rings. The van der Waals surface area contributed by atoms with Gasteiger partial charge in [0.15, 0.2) is 0 Å². The quantitative estimate of drug-likeness (QED) is 0.829. The van der Waals surface area contributed by atoms with Gasteiger partial charge >= 0.3 is 5.97 Å². The summed E-state index contributed by atoms with van der Waals surface area (Å²) < 4.78 is 0. The summed E-state index contributed by atoms with van der Waals surface area (Å²) in [4.78, 5) is 17.4. The maximum Gasteiger partial charge on any atom is 0.339 e. The van der Waals surface area contributed by atoms with E-state index in [2.05, 4.69) is 23.7 Å². The predicted molar refractivity (Wildman–Crippen MR) is 61.9 cm³/mol. The summed E-state index contributed by atoms with van der Waals surface area (Å²) in [6.07, 6.45) is 3.81. The second-order valence-corrected chi connectivity index (χ2v) is 4.75. The molecular formula is C12H16N2O2. The fraction of sp³-hybridized carbons (Fsp3) is 0.500. The van der Waals surface area contributed by atoms with E-state index in [1.165, 1.54) is 0 Å². The highest BCUT2D eigenvalue weighted by Gasteiger charge is 2.34. The molecule has 86 valence electrons. The van der Waals surface area contributed by atoms with Crippen LogP contribution in [0.25, 0.3) is 0 Å². The van der Waals surface area contributed by atoms with Crippen molar-refractivity contribution >= 4 is 11.8 Å². The van der Waals surface area contributed by atoms with Crippen molar-refractivity contribution in [3.05, 3.63) is 23.9 Å². The molecule has 4 heteroatoms. The molecule has 4 nitrogen and oxygen atoms in total. The normalized spacial score (nSPS) is 18.8. The highest BCUT2D eigenvalue weighted by Crippen LogP contribution is 2.33. The Kier molecular flexibility index (Phi) is 2.58. The lowest BCUT2D eigenvalue weighted by Crippen LogP contribution is -2.39. The van der Waals surface area contributed by atoms with Crippen molar-refractivity contribution in [2.24, 2.45) is 0 Å². The first-order valence-electron chi connectivity index (χ1n) is 5.48. The zero-order valence-corrected chi connectivity index (χ0v) is 9.60. The highest BCUT2D eigenvalue weighted by atomic mass is 16.4. The molecule has 1 aliphatic heterocycles. The maximum absolute atomic E-state index is 11.1. The molecule has 0 unspecified atom stereocenters. The smallest absolute Gasteiger partial charge is 0.339 e. The van der Waals surface area contributed by atoms with Gasteiger partial charge in [0.2, 0.25) is 0 Å². The summed E-state index contributed by atoms with van der Waals surface area (Å²) in [5.41, 5.74) is 0.288. The Bertz CT molecular complexity index is 415. The first-order chi connectivity index (χ1) is 7.52. The third-order valence-electron chi connectivity index (χ3n) is 3.17. The molecule has 0 atom stereocenters. The van der Waals surface area contributed by atoms with Crippen molar-refractivity contribution in [3.63, 3.8) is 0 Å². The number of hydrogen-bond donors (Lipinski definition) is 1. The molecule has 1 aliphatic rings. The highest BCUT2D eigenvalue weighted by molar-refractivity contribution is 5.93. The van der Waals surface area contributed by atoms with Crippen molar-refractivity contribution in [3.8, 4) is 0 Å². The van der Waals surface area contributed by atoms with Gasteiger partial charge in [0.1, 0.15) is 11.4 Å². The Morgan fingerprint density at radius 3 is 2.88 bits per heavy atom. The number of rotatable bonds is 2. The van der Waals surface area contributed by atoms with Crippen LogP contribution >= 0.6 is 0 Å². The van der Waals surface area contributed by atoms with E-state index in [9.17, 15) is 4.79 Å². The minimum absolute atomic E-state index is 0.00144. The molecule has 0 aromatic carbocycles. The van der Waals surface area contributed by atoms with Crippen LogP contribution in [0.5, 0.6) is 0 Å². The molecule has 1 fully saturated rings. The number of pyridine rings is 1. The zero-order valence-electron chi connectivity index (χ0n) is 9.60. The average molecular weight is 220 g/mol. The Balaban J connectivity index is 2.44. The molecule has 1 N–H and O–H groups in total. The molecule has 0 radical (unpaired) electrons. The Morgan fingerprint density at radius 1 is 1.56 bits per heavy atom. The second kappa shape index (κ2) is 3.77. The van der Waals surface area contributed by atoms with E-state index in [0.717, 1.165) is 19.4 Å². The van der Waals surface area contributed by atoms with E-state index in [1.807, 2.05) is 0 Å². The first-order valence-corrected chi connectivity index (χ1v) is 5.48. The lowest BCUT2D eigenvalue weighted by atomic mass is 10.0. The van der Waals surface area contributed by atoms with Gasteiger partial charge in [-0.1, -0.05) is 0 Å². The van der Waals surface area contributed by atoms with Crippen molar-refractivity contribution < 1.29 is 9.90 Å². The molecule has 0 aliphatic carbocycles. The van der Waals surface area contributed by atoms with Crippen LogP contribution in [-0.2, 0) is 0 Å². The van der Waals surface area contributed by atoms with Crippen LogP contribution < -0.4 is 4.90 Å². The van der Waals surface area contributed by atoms with E-state index >= 15 is 0 Å². The molecule has 0 amide bonds. The van der Waals surface area contributed by atoms with Gasteiger partial charge in [-0.2, -0.15) is 0 Å². The van der Waals surface area contributed by atoms with E-state index in [4.69, 9.17) is 5.11 Å². The third-order valence-corrected chi connectivity index (χ3v) is 3.17. The Labute approximate surface area is 94.9 Å². The summed E-state index contributed by atoms with van der Waals surface area (Å²) in [6, 6.07) is 3.27. The minimum atomic E-state index is -0.911. The van der Waals surface area contributed by atoms with Crippen LogP contribution in [0.2, 0.25) is 0 Å². The van der Waals surface area contributed by atoms with Crippen molar-refractivity contribution in [1.29, 1.82) is 0 Å². The number of aromatic nitrogens is 1. The van der Waals surface area contributed by atoms with Gasteiger partial charge < -0.3 is 10.0 Å². The summed E-state index contributed by atoms with van der Waals surface area (Å²) >= 11 is 0. The molecule has 0 saturated carbocycles. The Hall–Kier alpha value is -1.58. The lowest BCUT2D eigenvalue weighted by Gasteiger charge is -2.33. The average Bonchev–Trinajstić information content (AvgIpc) is 2.58. The number of nitrogens with zero attached hydrogens (tertiary/aromatic N) is 2. The van der Waals surface area contributed by atoms with Gasteiger partial charge in [-0.25, -0.2) is 9.78 Å². The van der Waals surface area contributed by atoms with E-state index in [0.29, 0.717) is 5.82 Å². The predicted octanol–water partition coefficient (Wildman–Crippen LogP) is 2.16. The maximum atomic E-state index is 11.1. The number of carboxylic acids is 1. The number of aromatic carboxylic acids is 1. The molecule has 16 heavy (non-hydrogen) atoms. The Morgan fingerprint density at radius 2 is 2.31 bits per heavy atom. The van der Waals surface area contributed by atoms with Crippen LogP contribution in [0.15, 0.2) is 18.3 Å². The number of carbonyl (C=O) groups is 1. The van der Waals surface area contributed by atoms with Gasteiger partial charge in [0, 0.05) is 18.3 Å². The van der Waals surface area contributed by atoms with E-state index in [-0.39, 0.29) is 11.1 Å². The molecule has 0 spiro atoms. The minimum Gasteiger partial charge on any atom is -0.478 e. The molecule has 2 rings (SSSR count). The van der Waals surface area contributed by atoms with Gasteiger partial charge in [-0.05, 0) is 38.8 Å². The van der Waals surface area contributed by atoms with Crippen LogP contribution in [-0.4, -0.2) is 28.1 Å². The third kappa shape index (κ3) is 1.75. The molecule has 1 saturated heterocycles. The summed E-state index contributed by atoms with van der Waals surface area (Å²) in [5.74, 6) is -0.316. The zero-order chi connectivity index (χ0) is 11.8. The molecule has 1 aromatic heterocycles. The monoisotopic (exact) mass is 220 g/mol. The van der Waals surface area contributed by atoms with Crippen LogP contribution in [0.1, 0.15) is 37.0 Å². The second-order valence-electron chi connectivity index (χ2n) is 4.75. The number of hydrogen-bond acceptors (Lipinski definition) is 3. The van der Waals surface area contributed by atoms with Crippen LogP contribution in [0, 0.1) is 0 Å². The van der Waals surface area contributed by atoms with Gasteiger partial charge in [-0.3, -0.25) is 0 Å². The summed E-state index contributed by atoms with van der Waals surface area (Å²) in [5, 5.41) is 9.13. The largest absolute Gasteiger partial charge is 0.478 e. The molecule has 0 bridgehead atoms. The SMILES string of the molecule is CC1(C)CCCN1c1ncccc1C(=O)O. The molecular weight excluding hydrogens is 204 g/mol. The van der Waals surface area contributed by atoms with Crippen molar-refractivity contribution in [2.75, 3.05) is 11.4 Å². The number of anilines is 1. The fourth-order valence-corrected chi connectivity index (χ4v) is 2.28. The standard InChI is InChI=1S/C12H16N2O2/c1-12(2)6-4-8-14(12)10-9(11(15)16)5-3-7-13-10/h3,5,7H,4,6,8H2,1-2H3,(H,15,16). The van der Waals surface area contributed by atoms with Gasteiger partial charge in [0.25, 0.3) is 0 Å². The molecule has 2 heterocycles. The summed E-state index contributed by atoms with van der Waals surface area (Å²) in [6.45, 7) is 5.13. The van der Waals surface area contributed by atoms with E-state index in [1.54, 1.807) is 18.3 Å². The topological polar surface area (TPSA) is 53.4 Å². The van der Waals surface area contributed by atoms with Gasteiger partial charge in [-0.15, -0.1) is 0 Å². The van der Waals surface area contributed by atoms with Crippen LogP contribution in [0.3, 0.4) is 0 Å². The van der Waals surface area contributed by atoms with Crippen LogP contribution in [0.4, 0.5) is 5.82 Å². The van der Waals surface area contributed by atoms with Gasteiger partial charge in [0.05, 0.1) is 0 Å². The fourth-order valence-electron chi connectivity index (χ4n) is 2.28. The first kappa shape index (κ1) is 10.9. The lowest BCUT2D eigenvalue weighted by molar-refractivity contribution is 0.0697. The number of carboxylic acid groups (broad SMARTS) is 1. The van der Waals surface area contributed by atoms with Crippen molar-refractivity contribution in [2.45, 2.75) is 32.2 Å². The van der Waals surface area contributed by atoms with E-state index < -0.39 is 5.97 Å². The van der Waals surface area contributed by atoms with Crippen molar-refractivity contribution in [1.82, 2.24) is 4.98 Å².